The molecule has 0 spiro atoms. The van der Waals surface area contributed by atoms with Crippen molar-refractivity contribution in [2.45, 2.75) is 39.8 Å². The second kappa shape index (κ2) is 7.44. The molecule has 2 aromatic rings. The lowest BCUT2D eigenvalue weighted by Crippen LogP contribution is -2.25. The summed E-state index contributed by atoms with van der Waals surface area (Å²) in [5, 5.41) is 2.93. The van der Waals surface area contributed by atoms with Gasteiger partial charge in [0, 0.05) is 26.1 Å². The first kappa shape index (κ1) is 17.7. The van der Waals surface area contributed by atoms with E-state index in [0.717, 1.165) is 24.1 Å². The van der Waals surface area contributed by atoms with Crippen LogP contribution in [-0.2, 0) is 17.9 Å². The fourth-order valence-corrected chi connectivity index (χ4v) is 3.66. The Labute approximate surface area is 155 Å². The van der Waals surface area contributed by atoms with Gasteiger partial charge in [0.2, 0.25) is 5.91 Å². The molecule has 2 heterocycles. The summed E-state index contributed by atoms with van der Waals surface area (Å²) in [5.41, 5.74) is 2.63. The molecule has 1 N–H and O–H groups in total. The highest BCUT2D eigenvalue weighted by Gasteiger charge is 2.21. The number of likely N-dealkylation sites (tertiary alicyclic amines) is 1. The first-order valence-corrected chi connectivity index (χ1v) is 9.14. The van der Waals surface area contributed by atoms with Crippen LogP contribution in [0.4, 0.5) is 0 Å². The van der Waals surface area contributed by atoms with E-state index in [1.54, 1.807) is 6.92 Å². The average molecular weight is 405 g/mol. The summed E-state index contributed by atoms with van der Waals surface area (Å²) in [6.07, 6.45) is 1.58. The summed E-state index contributed by atoms with van der Waals surface area (Å²) in [6, 6.07) is 7.98. The van der Waals surface area contributed by atoms with Crippen molar-refractivity contribution in [3.05, 3.63) is 56.9 Å². The van der Waals surface area contributed by atoms with E-state index in [4.69, 9.17) is 4.42 Å². The van der Waals surface area contributed by atoms with Crippen molar-refractivity contribution < 1.29 is 14.0 Å². The van der Waals surface area contributed by atoms with Crippen LogP contribution < -0.4 is 5.32 Å². The first-order valence-electron chi connectivity index (χ1n) is 8.35. The van der Waals surface area contributed by atoms with Crippen molar-refractivity contribution in [3.8, 4) is 0 Å². The second-order valence-corrected chi connectivity index (χ2v) is 7.12. The van der Waals surface area contributed by atoms with Crippen LogP contribution in [-0.4, -0.2) is 23.3 Å². The molecule has 0 bridgehead atoms. The van der Waals surface area contributed by atoms with E-state index in [1.165, 1.54) is 0 Å². The summed E-state index contributed by atoms with van der Waals surface area (Å²) in [7, 11) is 0. The molecule has 1 saturated heterocycles. The van der Waals surface area contributed by atoms with Gasteiger partial charge >= 0.3 is 0 Å². The Morgan fingerprint density at radius 3 is 2.68 bits per heavy atom. The molecule has 6 heteroatoms. The van der Waals surface area contributed by atoms with E-state index in [-0.39, 0.29) is 11.8 Å². The van der Waals surface area contributed by atoms with Crippen LogP contribution in [0.5, 0.6) is 0 Å². The Morgan fingerprint density at radius 2 is 2.04 bits per heavy atom. The molecular formula is C19H21BrN2O3. The Balaban J connectivity index is 1.64. The number of aryl methyl sites for hydroxylation is 2. The van der Waals surface area contributed by atoms with Crippen molar-refractivity contribution in [2.75, 3.05) is 6.54 Å². The molecular weight excluding hydrogens is 384 g/mol. The zero-order valence-electron chi connectivity index (χ0n) is 14.4. The Bertz CT molecular complexity index is 813. The Hall–Kier alpha value is -2.08. The molecule has 1 aromatic heterocycles. The highest BCUT2D eigenvalue weighted by molar-refractivity contribution is 9.10. The number of benzene rings is 1. The van der Waals surface area contributed by atoms with Gasteiger partial charge in [-0.25, -0.2) is 0 Å². The van der Waals surface area contributed by atoms with Crippen molar-refractivity contribution in [1.29, 1.82) is 0 Å². The first-order chi connectivity index (χ1) is 12.0. The molecule has 1 aromatic carbocycles. The molecule has 5 nitrogen and oxygen atoms in total. The molecule has 0 atom stereocenters. The van der Waals surface area contributed by atoms with Gasteiger partial charge in [0.25, 0.3) is 5.91 Å². The highest BCUT2D eigenvalue weighted by Crippen LogP contribution is 2.27. The van der Waals surface area contributed by atoms with Crippen molar-refractivity contribution in [3.63, 3.8) is 0 Å². The third kappa shape index (κ3) is 3.95. The van der Waals surface area contributed by atoms with Crippen LogP contribution in [0.15, 0.2) is 33.2 Å². The molecule has 0 unspecified atom stereocenters. The number of halogens is 1. The van der Waals surface area contributed by atoms with Gasteiger partial charge in [-0.1, -0.05) is 24.3 Å². The van der Waals surface area contributed by atoms with Gasteiger partial charge in [-0.15, -0.1) is 0 Å². The van der Waals surface area contributed by atoms with Crippen LogP contribution >= 0.6 is 15.9 Å². The van der Waals surface area contributed by atoms with Gasteiger partial charge in [0.15, 0.2) is 0 Å². The van der Waals surface area contributed by atoms with Gasteiger partial charge in [-0.3, -0.25) is 9.59 Å². The minimum atomic E-state index is -0.165. The Kier molecular flexibility index (Phi) is 5.27. The molecule has 0 radical (unpaired) electrons. The van der Waals surface area contributed by atoms with Crippen LogP contribution in [0.3, 0.4) is 0 Å². The SMILES string of the molecule is Cc1oc(C)c(C(=O)NCc2cccc(CN3CCCC3=O)c2)c1Br. The van der Waals surface area contributed by atoms with E-state index in [9.17, 15) is 9.59 Å². The van der Waals surface area contributed by atoms with E-state index in [2.05, 4.69) is 21.2 Å². The summed E-state index contributed by atoms with van der Waals surface area (Å²) in [6.45, 7) is 5.48. The molecule has 2 amide bonds. The van der Waals surface area contributed by atoms with E-state index in [1.807, 2.05) is 36.1 Å². The minimum absolute atomic E-state index is 0.165. The molecule has 25 heavy (non-hydrogen) atoms. The molecule has 1 aliphatic heterocycles. The van der Waals surface area contributed by atoms with Crippen molar-refractivity contribution in [1.82, 2.24) is 10.2 Å². The topological polar surface area (TPSA) is 62.6 Å². The van der Waals surface area contributed by atoms with E-state index in [0.29, 0.717) is 41.1 Å². The fourth-order valence-electron chi connectivity index (χ4n) is 3.12. The van der Waals surface area contributed by atoms with Crippen molar-refractivity contribution >= 4 is 27.7 Å². The third-order valence-corrected chi connectivity index (χ3v) is 5.36. The highest BCUT2D eigenvalue weighted by atomic mass is 79.9. The number of amides is 2. The largest absolute Gasteiger partial charge is 0.465 e. The van der Waals surface area contributed by atoms with E-state index >= 15 is 0 Å². The van der Waals surface area contributed by atoms with Crippen LogP contribution in [0.2, 0.25) is 0 Å². The number of furan rings is 1. The number of rotatable bonds is 5. The minimum Gasteiger partial charge on any atom is -0.465 e. The molecule has 132 valence electrons. The van der Waals surface area contributed by atoms with Crippen molar-refractivity contribution in [2.24, 2.45) is 0 Å². The maximum Gasteiger partial charge on any atom is 0.256 e. The lowest BCUT2D eigenvalue weighted by Gasteiger charge is -2.16. The summed E-state index contributed by atoms with van der Waals surface area (Å²) < 4.78 is 6.17. The summed E-state index contributed by atoms with van der Waals surface area (Å²) in [5.74, 6) is 1.35. The monoisotopic (exact) mass is 404 g/mol. The summed E-state index contributed by atoms with van der Waals surface area (Å²) >= 11 is 3.40. The lowest BCUT2D eigenvalue weighted by atomic mass is 10.1. The number of carbonyl (C=O) groups is 2. The molecule has 0 saturated carbocycles. The average Bonchev–Trinajstić information content (AvgIpc) is 3.09. The van der Waals surface area contributed by atoms with Gasteiger partial charge in [-0.05, 0) is 47.3 Å². The maximum absolute atomic E-state index is 12.4. The summed E-state index contributed by atoms with van der Waals surface area (Å²) in [4.78, 5) is 26.1. The van der Waals surface area contributed by atoms with Crippen LogP contribution in [0, 0.1) is 13.8 Å². The van der Waals surface area contributed by atoms with Gasteiger partial charge < -0.3 is 14.6 Å². The fraction of sp³-hybridized carbons (Fsp3) is 0.368. The molecule has 1 aliphatic rings. The third-order valence-electron chi connectivity index (χ3n) is 4.40. The number of hydrogen-bond acceptors (Lipinski definition) is 3. The van der Waals surface area contributed by atoms with Gasteiger partial charge in [0.1, 0.15) is 11.5 Å². The van der Waals surface area contributed by atoms with Crippen LogP contribution in [0.1, 0.15) is 45.8 Å². The number of carbonyl (C=O) groups excluding carboxylic acids is 2. The predicted molar refractivity (Wildman–Crippen MR) is 98.1 cm³/mol. The standard InChI is InChI=1S/C19H21BrN2O3/c1-12-17(18(20)13(2)25-12)19(24)21-10-14-5-3-6-15(9-14)11-22-8-4-7-16(22)23/h3,5-6,9H,4,7-8,10-11H2,1-2H3,(H,21,24). The normalized spacial score (nSPS) is 14.2. The molecule has 1 fully saturated rings. The predicted octanol–water partition coefficient (Wildman–Crippen LogP) is 3.71. The molecule has 0 aliphatic carbocycles. The van der Waals surface area contributed by atoms with Gasteiger partial charge in [-0.2, -0.15) is 0 Å². The van der Waals surface area contributed by atoms with E-state index < -0.39 is 0 Å². The zero-order chi connectivity index (χ0) is 18.0. The number of nitrogens with zero attached hydrogens (tertiary/aromatic N) is 1. The Morgan fingerprint density at radius 1 is 1.28 bits per heavy atom. The van der Waals surface area contributed by atoms with Crippen LogP contribution in [0.25, 0.3) is 0 Å². The number of nitrogens with one attached hydrogen (secondary N) is 1. The maximum atomic E-state index is 12.4. The molecule has 3 rings (SSSR count). The second-order valence-electron chi connectivity index (χ2n) is 6.32. The number of hydrogen-bond donors (Lipinski definition) is 1. The lowest BCUT2D eigenvalue weighted by molar-refractivity contribution is -0.128. The smallest absolute Gasteiger partial charge is 0.256 e. The van der Waals surface area contributed by atoms with Gasteiger partial charge in [0.05, 0.1) is 10.0 Å². The quantitative estimate of drug-likeness (QED) is 0.825. The zero-order valence-corrected chi connectivity index (χ0v) is 16.0.